The van der Waals surface area contributed by atoms with Gasteiger partial charge in [-0.3, -0.25) is 0 Å². The fraction of sp³-hybridized carbons (Fsp3) is 0.273. The molecule has 5 nitrogen and oxygen atoms in total. The molecule has 0 N–H and O–H groups in total. The Kier molecular flexibility index (Phi) is 3.93. The molecular formula is C22H21N3O2. The summed E-state index contributed by atoms with van der Waals surface area (Å²) in [4.78, 5) is 4.77. The minimum absolute atomic E-state index is 0.404. The first-order valence-electron chi connectivity index (χ1n) is 9.35. The number of aryl methyl sites for hydroxylation is 1. The van der Waals surface area contributed by atoms with Crippen LogP contribution in [0.1, 0.15) is 41.6 Å². The lowest BCUT2D eigenvalue weighted by Gasteiger charge is -2.09. The highest BCUT2D eigenvalue weighted by molar-refractivity contribution is 5.76. The van der Waals surface area contributed by atoms with E-state index in [1.807, 2.05) is 42.5 Å². The first-order chi connectivity index (χ1) is 13.3. The molecule has 1 aliphatic rings. The maximum absolute atomic E-state index is 5.98. The number of para-hydroxylation sites is 2. The Balaban J connectivity index is 1.43. The second-order valence-corrected chi connectivity index (χ2v) is 7.20. The Labute approximate surface area is 157 Å². The number of imidazole rings is 1. The van der Waals surface area contributed by atoms with E-state index in [1.165, 1.54) is 18.4 Å². The van der Waals surface area contributed by atoms with E-state index in [2.05, 4.69) is 28.8 Å². The first kappa shape index (κ1) is 16.1. The molecule has 0 bridgehead atoms. The second kappa shape index (κ2) is 6.58. The highest BCUT2D eigenvalue weighted by atomic mass is 16.5. The van der Waals surface area contributed by atoms with Gasteiger partial charge in [0.15, 0.2) is 5.76 Å². The zero-order valence-corrected chi connectivity index (χ0v) is 15.3. The lowest BCUT2D eigenvalue weighted by molar-refractivity contribution is 0.288. The third kappa shape index (κ3) is 3.33. The molecule has 5 rings (SSSR count). The molecule has 0 atom stereocenters. The Morgan fingerprint density at radius 1 is 1.11 bits per heavy atom. The van der Waals surface area contributed by atoms with Gasteiger partial charge in [-0.2, -0.15) is 0 Å². The molecule has 0 unspecified atom stereocenters. The van der Waals surface area contributed by atoms with E-state index in [-0.39, 0.29) is 0 Å². The van der Waals surface area contributed by atoms with Gasteiger partial charge in [-0.1, -0.05) is 35.0 Å². The average molecular weight is 359 g/mol. The van der Waals surface area contributed by atoms with E-state index < -0.39 is 0 Å². The first-order valence-corrected chi connectivity index (χ1v) is 9.35. The summed E-state index contributed by atoms with van der Waals surface area (Å²) in [6, 6.07) is 18.3. The van der Waals surface area contributed by atoms with Crippen molar-refractivity contribution in [3.63, 3.8) is 0 Å². The largest absolute Gasteiger partial charge is 0.486 e. The molecule has 2 aromatic carbocycles. The molecule has 2 aromatic heterocycles. The maximum atomic E-state index is 5.98. The third-order valence-corrected chi connectivity index (χ3v) is 5.01. The number of hydrogen-bond donors (Lipinski definition) is 0. The molecule has 0 amide bonds. The molecule has 4 aromatic rings. The van der Waals surface area contributed by atoms with Gasteiger partial charge in [0.1, 0.15) is 18.2 Å². The summed E-state index contributed by atoms with van der Waals surface area (Å²) in [5, 5.41) is 4.23. The molecule has 1 aliphatic carbocycles. The van der Waals surface area contributed by atoms with Crippen LogP contribution in [-0.4, -0.2) is 14.7 Å². The van der Waals surface area contributed by atoms with E-state index >= 15 is 0 Å². The molecular weight excluding hydrogens is 338 g/mol. The van der Waals surface area contributed by atoms with Crippen LogP contribution in [0.2, 0.25) is 0 Å². The molecule has 0 aliphatic heterocycles. The van der Waals surface area contributed by atoms with Gasteiger partial charge in [0.05, 0.1) is 23.3 Å². The van der Waals surface area contributed by atoms with E-state index in [9.17, 15) is 0 Å². The average Bonchev–Trinajstić information content (AvgIpc) is 3.34. The van der Waals surface area contributed by atoms with Gasteiger partial charge < -0.3 is 13.8 Å². The van der Waals surface area contributed by atoms with Crippen LogP contribution in [0, 0.1) is 6.92 Å². The lowest BCUT2D eigenvalue weighted by Crippen LogP contribution is -2.08. The minimum Gasteiger partial charge on any atom is -0.486 e. The van der Waals surface area contributed by atoms with Crippen molar-refractivity contribution in [3.8, 4) is 5.75 Å². The summed E-state index contributed by atoms with van der Waals surface area (Å²) in [6.45, 7) is 3.07. The number of fused-ring (bicyclic) bond motifs is 1. The summed E-state index contributed by atoms with van der Waals surface area (Å²) < 4.78 is 13.7. The van der Waals surface area contributed by atoms with Crippen molar-refractivity contribution < 1.29 is 9.26 Å². The zero-order valence-electron chi connectivity index (χ0n) is 15.3. The molecule has 136 valence electrons. The van der Waals surface area contributed by atoms with Crippen LogP contribution >= 0.6 is 0 Å². The summed E-state index contributed by atoms with van der Waals surface area (Å²) in [5.74, 6) is 3.17. The van der Waals surface area contributed by atoms with Gasteiger partial charge in [-0.25, -0.2) is 4.98 Å². The number of nitrogens with zero attached hydrogens (tertiary/aromatic N) is 3. The van der Waals surface area contributed by atoms with E-state index in [4.69, 9.17) is 14.2 Å². The van der Waals surface area contributed by atoms with Gasteiger partial charge in [-0.05, 0) is 44.0 Å². The van der Waals surface area contributed by atoms with Crippen molar-refractivity contribution in [1.29, 1.82) is 0 Å². The Bertz CT molecular complexity index is 1070. The van der Waals surface area contributed by atoms with Gasteiger partial charge in [-0.15, -0.1) is 0 Å². The highest BCUT2D eigenvalue weighted by Crippen LogP contribution is 2.39. The molecule has 0 spiro atoms. The van der Waals surface area contributed by atoms with Gasteiger partial charge in [0.2, 0.25) is 0 Å². The second-order valence-electron chi connectivity index (χ2n) is 7.20. The van der Waals surface area contributed by atoms with Gasteiger partial charge >= 0.3 is 0 Å². The van der Waals surface area contributed by atoms with Gasteiger partial charge in [0, 0.05) is 12.0 Å². The number of hydrogen-bond acceptors (Lipinski definition) is 4. The normalized spacial score (nSPS) is 14.0. The standard InChI is InChI=1S/C22H21N3O2/c1-15-6-10-17(11-7-15)26-14-22-23-19-4-2-3-5-21(19)25(22)13-18-12-20(24-27-18)16-8-9-16/h2-7,10-12,16H,8-9,13-14H2,1H3. The Hall–Kier alpha value is -3.08. The van der Waals surface area contributed by atoms with Crippen LogP contribution in [0.4, 0.5) is 0 Å². The van der Waals surface area contributed by atoms with E-state index in [1.54, 1.807) is 0 Å². The molecule has 27 heavy (non-hydrogen) atoms. The van der Waals surface area contributed by atoms with Crippen LogP contribution < -0.4 is 4.74 Å². The SMILES string of the molecule is Cc1ccc(OCc2nc3ccccc3n2Cc2cc(C3CC3)no2)cc1. The summed E-state index contributed by atoms with van der Waals surface area (Å²) in [6.07, 6.45) is 2.44. The van der Waals surface area contributed by atoms with Crippen molar-refractivity contribution in [2.24, 2.45) is 0 Å². The highest BCUT2D eigenvalue weighted by Gasteiger charge is 2.27. The van der Waals surface area contributed by atoms with Crippen LogP contribution in [0.5, 0.6) is 5.75 Å². The Morgan fingerprint density at radius 3 is 2.74 bits per heavy atom. The fourth-order valence-corrected chi connectivity index (χ4v) is 3.33. The molecule has 0 radical (unpaired) electrons. The summed E-state index contributed by atoms with van der Waals surface area (Å²) in [5.41, 5.74) is 4.32. The predicted octanol–water partition coefficient (Wildman–Crippen LogP) is 4.84. The van der Waals surface area contributed by atoms with Gasteiger partial charge in [0.25, 0.3) is 0 Å². The number of rotatable bonds is 6. The van der Waals surface area contributed by atoms with Crippen LogP contribution in [0.25, 0.3) is 11.0 Å². The third-order valence-electron chi connectivity index (χ3n) is 5.01. The molecule has 1 fully saturated rings. The van der Waals surface area contributed by atoms with E-state index in [0.717, 1.165) is 34.1 Å². The number of ether oxygens (including phenoxy) is 1. The predicted molar refractivity (Wildman–Crippen MR) is 103 cm³/mol. The van der Waals surface area contributed by atoms with Crippen LogP contribution in [-0.2, 0) is 13.2 Å². The van der Waals surface area contributed by atoms with Crippen molar-refractivity contribution in [3.05, 3.63) is 77.4 Å². The Morgan fingerprint density at radius 2 is 1.93 bits per heavy atom. The maximum Gasteiger partial charge on any atom is 0.156 e. The monoisotopic (exact) mass is 359 g/mol. The molecule has 2 heterocycles. The van der Waals surface area contributed by atoms with Crippen molar-refractivity contribution >= 4 is 11.0 Å². The smallest absolute Gasteiger partial charge is 0.156 e. The minimum atomic E-state index is 0.404. The molecule has 0 saturated heterocycles. The van der Waals surface area contributed by atoms with Crippen molar-refractivity contribution in [1.82, 2.24) is 14.7 Å². The summed E-state index contributed by atoms with van der Waals surface area (Å²) in [7, 11) is 0. The van der Waals surface area contributed by atoms with Crippen LogP contribution in [0.3, 0.4) is 0 Å². The topological polar surface area (TPSA) is 53.1 Å². The lowest BCUT2D eigenvalue weighted by atomic mass is 10.2. The zero-order chi connectivity index (χ0) is 18.2. The molecule has 1 saturated carbocycles. The fourth-order valence-electron chi connectivity index (χ4n) is 3.33. The van der Waals surface area contributed by atoms with Crippen LogP contribution in [0.15, 0.2) is 59.1 Å². The number of benzene rings is 2. The summed E-state index contributed by atoms with van der Waals surface area (Å²) >= 11 is 0. The van der Waals surface area contributed by atoms with Crippen molar-refractivity contribution in [2.75, 3.05) is 0 Å². The number of aromatic nitrogens is 3. The van der Waals surface area contributed by atoms with Crippen molar-refractivity contribution in [2.45, 2.75) is 38.8 Å². The molecule has 5 heteroatoms. The van der Waals surface area contributed by atoms with E-state index in [0.29, 0.717) is 19.1 Å². The quantitative estimate of drug-likeness (QED) is 0.494.